The minimum atomic E-state index is -4.52. The van der Waals surface area contributed by atoms with E-state index in [1.165, 1.54) is 12.5 Å². The summed E-state index contributed by atoms with van der Waals surface area (Å²) in [6.07, 6.45) is -2.07. The summed E-state index contributed by atoms with van der Waals surface area (Å²) in [5.74, 6) is -0.724. The van der Waals surface area contributed by atoms with Crippen LogP contribution in [-0.4, -0.2) is 9.97 Å². The number of aromatic nitrogens is 2. The van der Waals surface area contributed by atoms with Gasteiger partial charge in [-0.15, -0.1) is 0 Å². The molecule has 0 saturated carbocycles. The van der Waals surface area contributed by atoms with Gasteiger partial charge in [0.1, 0.15) is 5.82 Å². The molecule has 0 spiro atoms. The van der Waals surface area contributed by atoms with Crippen LogP contribution in [0.5, 0.6) is 0 Å². The van der Waals surface area contributed by atoms with E-state index >= 15 is 0 Å². The van der Waals surface area contributed by atoms with Gasteiger partial charge in [0, 0.05) is 5.56 Å². The molecule has 0 aliphatic heterocycles. The van der Waals surface area contributed by atoms with Crippen molar-refractivity contribution in [1.82, 2.24) is 9.97 Å². The number of benzene rings is 1. The lowest BCUT2D eigenvalue weighted by Gasteiger charge is -2.11. The second-order valence-electron chi connectivity index (χ2n) is 3.15. The minimum Gasteiger partial charge on any atom is -0.345 e. The van der Waals surface area contributed by atoms with E-state index in [4.69, 9.17) is 0 Å². The molecule has 0 saturated heterocycles. The third kappa shape index (κ3) is 1.91. The van der Waals surface area contributed by atoms with Gasteiger partial charge in [0.15, 0.2) is 0 Å². The Bertz CT molecular complexity index is 488. The first-order valence-corrected chi connectivity index (χ1v) is 4.34. The summed E-state index contributed by atoms with van der Waals surface area (Å²) in [5, 5.41) is 0. The molecule has 0 unspecified atom stereocenters. The summed E-state index contributed by atoms with van der Waals surface area (Å²) in [6.45, 7) is 0. The first-order valence-electron chi connectivity index (χ1n) is 4.34. The predicted octanol–water partition coefficient (Wildman–Crippen LogP) is 3.23. The van der Waals surface area contributed by atoms with Gasteiger partial charge < -0.3 is 4.98 Å². The van der Waals surface area contributed by atoms with E-state index in [1.807, 2.05) is 0 Å². The summed E-state index contributed by atoms with van der Waals surface area (Å²) in [7, 11) is 0. The SMILES string of the molecule is Fc1ccc(C(F)(F)F)c(-c2cnc[nH]2)c1. The van der Waals surface area contributed by atoms with E-state index in [9.17, 15) is 17.6 Å². The highest BCUT2D eigenvalue weighted by molar-refractivity contribution is 5.63. The van der Waals surface area contributed by atoms with Crippen molar-refractivity contribution in [2.45, 2.75) is 6.18 Å². The number of alkyl halides is 3. The second kappa shape index (κ2) is 3.62. The second-order valence-corrected chi connectivity index (χ2v) is 3.15. The van der Waals surface area contributed by atoms with Crippen molar-refractivity contribution in [2.24, 2.45) is 0 Å². The molecular weight excluding hydrogens is 224 g/mol. The van der Waals surface area contributed by atoms with Crippen molar-refractivity contribution >= 4 is 0 Å². The lowest BCUT2D eigenvalue weighted by Crippen LogP contribution is -2.07. The Balaban J connectivity index is 2.63. The Kier molecular flexibility index (Phi) is 2.41. The van der Waals surface area contributed by atoms with Gasteiger partial charge in [0.25, 0.3) is 0 Å². The van der Waals surface area contributed by atoms with Crippen LogP contribution in [0.4, 0.5) is 17.6 Å². The first kappa shape index (κ1) is 10.7. The Morgan fingerprint density at radius 1 is 1.19 bits per heavy atom. The fourth-order valence-corrected chi connectivity index (χ4v) is 1.39. The summed E-state index contributed by atoms with van der Waals surface area (Å²) in [4.78, 5) is 6.12. The Labute approximate surface area is 87.9 Å². The Morgan fingerprint density at radius 3 is 2.50 bits per heavy atom. The van der Waals surface area contributed by atoms with Gasteiger partial charge >= 0.3 is 6.18 Å². The number of halogens is 4. The van der Waals surface area contributed by atoms with Gasteiger partial charge in [-0.3, -0.25) is 0 Å². The van der Waals surface area contributed by atoms with E-state index in [0.29, 0.717) is 6.07 Å². The molecule has 1 N–H and O–H groups in total. The average Bonchev–Trinajstić information content (AvgIpc) is 2.68. The topological polar surface area (TPSA) is 28.7 Å². The smallest absolute Gasteiger partial charge is 0.345 e. The summed E-state index contributed by atoms with van der Waals surface area (Å²) in [6, 6.07) is 2.32. The third-order valence-electron chi connectivity index (χ3n) is 2.08. The van der Waals surface area contributed by atoms with Crippen LogP contribution in [0.25, 0.3) is 11.3 Å². The molecule has 84 valence electrons. The molecule has 0 aliphatic carbocycles. The molecule has 0 aliphatic rings. The first-order chi connectivity index (χ1) is 7.48. The molecule has 0 fully saturated rings. The van der Waals surface area contributed by atoms with Gasteiger partial charge in [-0.25, -0.2) is 9.37 Å². The monoisotopic (exact) mass is 230 g/mol. The van der Waals surface area contributed by atoms with Crippen molar-refractivity contribution in [3.63, 3.8) is 0 Å². The molecule has 6 heteroatoms. The van der Waals surface area contributed by atoms with Gasteiger partial charge in [0.05, 0.1) is 23.8 Å². The zero-order chi connectivity index (χ0) is 11.8. The zero-order valence-electron chi connectivity index (χ0n) is 7.85. The number of hydrogen-bond donors (Lipinski definition) is 1. The van der Waals surface area contributed by atoms with Gasteiger partial charge in [-0.2, -0.15) is 13.2 Å². The minimum absolute atomic E-state index is 0.131. The molecule has 2 nitrogen and oxygen atoms in total. The fourth-order valence-electron chi connectivity index (χ4n) is 1.39. The maximum absolute atomic E-state index is 12.9. The van der Waals surface area contributed by atoms with Gasteiger partial charge in [-0.1, -0.05) is 0 Å². The van der Waals surface area contributed by atoms with Crippen LogP contribution in [0.15, 0.2) is 30.7 Å². The molecule has 0 atom stereocenters. The quantitative estimate of drug-likeness (QED) is 0.748. The van der Waals surface area contributed by atoms with Crippen LogP contribution in [0.2, 0.25) is 0 Å². The van der Waals surface area contributed by atoms with E-state index in [0.717, 1.165) is 12.1 Å². The molecule has 0 amide bonds. The third-order valence-corrected chi connectivity index (χ3v) is 2.08. The number of hydrogen-bond acceptors (Lipinski definition) is 1. The van der Waals surface area contributed by atoms with Crippen molar-refractivity contribution in [1.29, 1.82) is 0 Å². The lowest BCUT2D eigenvalue weighted by molar-refractivity contribution is -0.137. The molecule has 16 heavy (non-hydrogen) atoms. The number of nitrogens with one attached hydrogen (secondary N) is 1. The van der Waals surface area contributed by atoms with Crippen molar-refractivity contribution in [3.05, 3.63) is 42.1 Å². The highest BCUT2D eigenvalue weighted by Gasteiger charge is 2.34. The van der Waals surface area contributed by atoms with E-state index < -0.39 is 17.6 Å². The van der Waals surface area contributed by atoms with Crippen LogP contribution >= 0.6 is 0 Å². The van der Waals surface area contributed by atoms with Crippen LogP contribution in [0.1, 0.15) is 5.56 Å². The maximum atomic E-state index is 12.9. The summed E-state index contributed by atoms with van der Waals surface area (Å²) >= 11 is 0. The summed E-state index contributed by atoms with van der Waals surface area (Å²) < 4.78 is 50.8. The van der Waals surface area contributed by atoms with Crippen LogP contribution < -0.4 is 0 Å². The molecular formula is C10H6F4N2. The number of H-pyrrole nitrogens is 1. The van der Waals surface area contributed by atoms with Gasteiger partial charge in [0.2, 0.25) is 0 Å². The van der Waals surface area contributed by atoms with Crippen molar-refractivity contribution < 1.29 is 17.6 Å². The fraction of sp³-hybridized carbons (Fsp3) is 0.100. The molecule has 1 aromatic carbocycles. The molecule has 2 rings (SSSR count). The summed E-state index contributed by atoms with van der Waals surface area (Å²) in [5.41, 5.74) is -1.00. The van der Waals surface area contributed by atoms with Crippen LogP contribution in [-0.2, 0) is 6.18 Å². The molecule has 1 aromatic heterocycles. The standard InChI is InChI=1S/C10H6F4N2/c11-6-1-2-8(10(12,13)14)7(3-6)9-4-15-5-16-9/h1-5H,(H,15,16). The normalized spacial score (nSPS) is 11.8. The highest BCUT2D eigenvalue weighted by atomic mass is 19.4. The van der Waals surface area contributed by atoms with Crippen LogP contribution in [0, 0.1) is 5.82 Å². The number of nitrogens with zero attached hydrogens (tertiary/aromatic N) is 1. The Morgan fingerprint density at radius 2 is 1.94 bits per heavy atom. The number of aromatic amines is 1. The molecule has 1 heterocycles. The van der Waals surface area contributed by atoms with Crippen LogP contribution in [0.3, 0.4) is 0 Å². The van der Waals surface area contributed by atoms with Crippen molar-refractivity contribution in [2.75, 3.05) is 0 Å². The zero-order valence-corrected chi connectivity index (χ0v) is 7.85. The predicted molar refractivity (Wildman–Crippen MR) is 49.0 cm³/mol. The van der Waals surface area contributed by atoms with E-state index in [-0.39, 0.29) is 11.3 Å². The molecule has 2 aromatic rings. The maximum Gasteiger partial charge on any atom is 0.417 e. The van der Waals surface area contributed by atoms with E-state index in [2.05, 4.69) is 9.97 Å². The average molecular weight is 230 g/mol. The molecule has 0 radical (unpaired) electrons. The lowest BCUT2D eigenvalue weighted by atomic mass is 10.0. The van der Waals surface area contributed by atoms with E-state index in [1.54, 1.807) is 0 Å². The highest BCUT2D eigenvalue weighted by Crippen LogP contribution is 2.36. The Hall–Kier alpha value is -1.85. The number of rotatable bonds is 1. The van der Waals surface area contributed by atoms with Gasteiger partial charge in [-0.05, 0) is 18.2 Å². The number of imidazole rings is 1. The molecule has 0 bridgehead atoms. The van der Waals surface area contributed by atoms with Crippen molar-refractivity contribution in [3.8, 4) is 11.3 Å². The largest absolute Gasteiger partial charge is 0.417 e.